The van der Waals surface area contributed by atoms with Crippen LogP contribution in [0.25, 0.3) is 0 Å². The largest absolute Gasteiger partial charge is 0.330 e. The van der Waals surface area contributed by atoms with E-state index in [0.717, 1.165) is 5.69 Å². The molecule has 0 aliphatic rings. The molecule has 0 saturated heterocycles. The maximum Gasteiger partial charge on any atom is 0.275 e. The third kappa shape index (κ3) is 3.07. The van der Waals surface area contributed by atoms with E-state index in [1.165, 1.54) is 10.7 Å². The van der Waals surface area contributed by atoms with Crippen molar-refractivity contribution in [3.8, 4) is 0 Å². The number of nitro benzene ring substituents is 1. The minimum absolute atomic E-state index is 0.0247. The Hall–Kier alpha value is -1.99. The molecule has 0 unspecified atom stereocenters. The number of hydrogen-bond donors (Lipinski definition) is 1. The molecule has 0 saturated carbocycles. The van der Waals surface area contributed by atoms with Gasteiger partial charge in [0.05, 0.1) is 27.7 Å². The van der Waals surface area contributed by atoms with Crippen LogP contribution < -0.4 is 5.73 Å². The number of rotatable bonds is 5. The molecule has 2 N–H and O–H groups in total. The predicted octanol–water partition coefficient (Wildman–Crippen LogP) is 1.39. The van der Waals surface area contributed by atoms with Crippen LogP contribution >= 0.6 is 11.6 Å². The van der Waals surface area contributed by atoms with E-state index in [0.29, 0.717) is 23.6 Å². The van der Waals surface area contributed by atoms with Gasteiger partial charge in [-0.1, -0.05) is 22.9 Å². The van der Waals surface area contributed by atoms with Crippen molar-refractivity contribution < 1.29 is 4.92 Å². The summed E-state index contributed by atoms with van der Waals surface area (Å²) < 4.78 is 1.51. The normalized spacial score (nSPS) is 10.6. The molecule has 0 amide bonds. The summed E-state index contributed by atoms with van der Waals surface area (Å²) in [7, 11) is 0. The van der Waals surface area contributed by atoms with Crippen molar-refractivity contribution in [3.63, 3.8) is 0 Å². The highest BCUT2D eigenvalue weighted by atomic mass is 35.5. The van der Waals surface area contributed by atoms with Crippen molar-refractivity contribution in [2.24, 2.45) is 5.73 Å². The summed E-state index contributed by atoms with van der Waals surface area (Å²) in [6.45, 7) is 0.679. The van der Waals surface area contributed by atoms with E-state index in [1.807, 2.05) is 0 Å². The summed E-state index contributed by atoms with van der Waals surface area (Å²) in [5.74, 6) is 0. The SMILES string of the molecule is NCCc1cn(Cc2c(Cl)cccc2[N+](=O)[O-])nn1. The summed E-state index contributed by atoms with van der Waals surface area (Å²) in [6, 6.07) is 4.58. The molecule has 0 bridgehead atoms. The average molecular weight is 282 g/mol. The minimum atomic E-state index is -0.459. The van der Waals surface area contributed by atoms with Gasteiger partial charge in [0.15, 0.2) is 0 Å². The van der Waals surface area contributed by atoms with E-state index in [2.05, 4.69) is 10.3 Å². The molecule has 2 rings (SSSR count). The Morgan fingerprint density at radius 2 is 2.26 bits per heavy atom. The third-order valence-electron chi connectivity index (χ3n) is 2.60. The summed E-state index contributed by atoms with van der Waals surface area (Å²) in [5.41, 5.74) is 6.56. The van der Waals surface area contributed by atoms with E-state index in [9.17, 15) is 10.1 Å². The van der Waals surface area contributed by atoms with Crippen molar-refractivity contribution in [2.75, 3.05) is 6.54 Å². The van der Waals surface area contributed by atoms with E-state index in [4.69, 9.17) is 17.3 Å². The highest BCUT2D eigenvalue weighted by molar-refractivity contribution is 6.31. The molecule has 19 heavy (non-hydrogen) atoms. The Morgan fingerprint density at radius 1 is 1.47 bits per heavy atom. The highest BCUT2D eigenvalue weighted by Gasteiger charge is 2.17. The van der Waals surface area contributed by atoms with Crippen LogP contribution in [0.5, 0.6) is 0 Å². The Balaban J connectivity index is 2.29. The van der Waals surface area contributed by atoms with Crippen LogP contribution in [0.4, 0.5) is 5.69 Å². The standard InChI is InChI=1S/C11H12ClN5O2/c12-10-2-1-3-11(17(18)19)9(10)7-16-6-8(4-5-13)14-15-16/h1-3,6H,4-5,7,13H2. The van der Waals surface area contributed by atoms with Gasteiger partial charge in [0.1, 0.15) is 0 Å². The van der Waals surface area contributed by atoms with E-state index >= 15 is 0 Å². The van der Waals surface area contributed by atoms with Crippen LogP contribution in [0.15, 0.2) is 24.4 Å². The zero-order valence-electron chi connectivity index (χ0n) is 9.99. The third-order valence-corrected chi connectivity index (χ3v) is 2.95. The average Bonchev–Trinajstić information content (AvgIpc) is 2.79. The van der Waals surface area contributed by atoms with Crippen LogP contribution in [-0.4, -0.2) is 26.5 Å². The van der Waals surface area contributed by atoms with Crippen LogP contribution in [0.3, 0.4) is 0 Å². The fourth-order valence-electron chi connectivity index (χ4n) is 1.72. The second-order valence-corrected chi connectivity index (χ2v) is 4.35. The fraction of sp³-hybridized carbons (Fsp3) is 0.273. The minimum Gasteiger partial charge on any atom is -0.330 e. The molecule has 0 aliphatic carbocycles. The lowest BCUT2D eigenvalue weighted by Gasteiger charge is -2.04. The van der Waals surface area contributed by atoms with E-state index in [-0.39, 0.29) is 12.2 Å². The van der Waals surface area contributed by atoms with Crippen LogP contribution in [0, 0.1) is 10.1 Å². The zero-order chi connectivity index (χ0) is 13.8. The van der Waals surface area contributed by atoms with Gasteiger partial charge in [0.2, 0.25) is 0 Å². The van der Waals surface area contributed by atoms with E-state index < -0.39 is 4.92 Å². The molecule has 2 aromatic rings. The molecular formula is C11H12ClN5O2. The van der Waals surface area contributed by atoms with Gasteiger partial charge in [-0.05, 0) is 12.6 Å². The second-order valence-electron chi connectivity index (χ2n) is 3.94. The topological polar surface area (TPSA) is 99.9 Å². The number of nitrogens with zero attached hydrogens (tertiary/aromatic N) is 4. The van der Waals surface area contributed by atoms with Gasteiger partial charge in [-0.3, -0.25) is 10.1 Å². The maximum atomic E-state index is 11.0. The molecule has 0 spiro atoms. The lowest BCUT2D eigenvalue weighted by atomic mass is 10.2. The first-order valence-corrected chi connectivity index (χ1v) is 6.00. The molecule has 0 aliphatic heterocycles. The molecule has 1 aromatic carbocycles. The Labute approximate surface area is 114 Å². The summed E-state index contributed by atoms with van der Waals surface area (Å²) >= 11 is 6.01. The fourth-order valence-corrected chi connectivity index (χ4v) is 1.94. The summed E-state index contributed by atoms with van der Waals surface area (Å²) in [4.78, 5) is 10.5. The van der Waals surface area contributed by atoms with Crippen LogP contribution in [0.2, 0.25) is 5.02 Å². The monoisotopic (exact) mass is 281 g/mol. The number of halogens is 1. The molecule has 0 fully saturated rings. The molecule has 7 nitrogen and oxygen atoms in total. The number of benzene rings is 1. The number of nitrogens with two attached hydrogens (primary N) is 1. The molecule has 0 radical (unpaired) electrons. The quantitative estimate of drug-likeness (QED) is 0.659. The van der Waals surface area contributed by atoms with Gasteiger partial charge in [-0.25, -0.2) is 4.68 Å². The molecule has 8 heteroatoms. The van der Waals surface area contributed by atoms with Gasteiger partial charge in [-0.15, -0.1) is 5.10 Å². The van der Waals surface area contributed by atoms with Gasteiger partial charge >= 0.3 is 0 Å². The van der Waals surface area contributed by atoms with Gasteiger partial charge in [0, 0.05) is 18.7 Å². The molecule has 100 valence electrons. The van der Waals surface area contributed by atoms with Crippen LogP contribution in [0.1, 0.15) is 11.3 Å². The molecular weight excluding hydrogens is 270 g/mol. The van der Waals surface area contributed by atoms with E-state index in [1.54, 1.807) is 18.3 Å². The smallest absolute Gasteiger partial charge is 0.275 e. The number of aromatic nitrogens is 3. The number of hydrogen-bond acceptors (Lipinski definition) is 5. The Morgan fingerprint density at radius 3 is 2.95 bits per heavy atom. The highest BCUT2D eigenvalue weighted by Crippen LogP contribution is 2.26. The summed E-state index contributed by atoms with van der Waals surface area (Å²) in [6.07, 6.45) is 2.32. The summed E-state index contributed by atoms with van der Waals surface area (Å²) in [5, 5.41) is 19.1. The zero-order valence-corrected chi connectivity index (χ0v) is 10.7. The Kier molecular flexibility index (Phi) is 4.08. The predicted molar refractivity (Wildman–Crippen MR) is 70.0 cm³/mol. The first-order valence-electron chi connectivity index (χ1n) is 5.62. The van der Waals surface area contributed by atoms with Crippen molar-refractivity contribution >= 4 is 17.3 Å². The van der Waals surface area contributed by atoms with Crippen molar-refractivity contribution in [3.05, 3.63) is 50.8 Å². The lowest BCUT2D eigenvalue weighted by Crippen LogP contribution is -2.05. The van der Waals surface area contributed by atoms with Crippen molar-refractivity contribution in [1.82, 2.24) is 15.0 Å². The Bertz CT molecular complexity index is 599. The van der Waals surface area contributed by atoms with Crippen LogP contribution in [-0.2, 0) is 13.0 Å². The molecule has 1 heterocycles. The number of nitro groups is 1. The van der Waals surface area contributed by atoms with Gasteiger partial charge in [-0.2, -0.15) is 0 Å². The first kappa shape index (κ1) is 13.4. The second kappa shape index (κ2) is 5.77. The van der Waals surface area contributed by atoms with Crippen molar-refractivity contribution in [1.29, 1.82) is 0 Å². The van der Waals surface area contributed by atoms with Gasteiger partial charge < -0.3 is 5.73 Å². The molecule has 0 atom stereocenters. The van der Waals surface area contributed by atoms with Crippen molar-refractivity contribution in [2.45, 2.75) is 13.0 Å². The lowest BCUT2D eigenvalue weighted by molar-refractivity contribution is -0.385. The first-order chi connectivity index (χ1) is 9.11. The van der Waals surface area contributed by atoms with Gasteiger partial charge in [0.25, 0.3) is 5.69 Å². The molecule has 1 aromatic heterocycles. The maximum absolute atomic E-state index is 11.0.